The smallest absolute Gasteiger partial charge is 0.248 e. The normalized spacial score (nSPS) is 12.0. The van der Waals surface area contributed by atoms with Gasteiger partial charge in [-0.15, -0.1) is 0 Å². The average molecular weight is 380 g/mol. The summed E-state index contributed by atoms with van der Waals surface area (Å²) in [6.07, 6.45) is 3.23. The van der Waals surface area contributed by atoms with Crippen LogP contribution in [0, 0.1) is 0 Å². The van der Waals surface area contributed by atoms with E-state index in [-0.39, 0.29) is 10.8 Å². The van der Waals surface area contributed by atoms with E-state index in [1.54, 1.807) is 18.2 Å². The Morgan fingerprint density at radius 3 is 2.30 bits per heavy atom. The molecule has 5 nitrogen and oxygen atoms in total. The maximum Gasteiger partial charge on any atom is 0.248 e. The first-order valence-electron chi connectivity index (χ1n) is 8.37. The number of nitrogens with zero attached hydrogens (tertiary/aromatic N) is 1. The van der Waals surface area contributed by atoms with Gasteiger partial charge in [0.1, 0.15) is 0 Å². The van der Waals surface area contributed by atoms with Gasteiger partial charge >= 0.3 is 0 Å². The van der Waals surface area contributed by atoms with Crippen LogP contribution in [0.4, 0.5) is 5.69 Å². The van der Waals surface area contributed by atoms with E-state index >= 15 is 0 Å². The van der Waals surface area contributed by atoms with Crippen LogP contribution in [0.15, 0.2) is 77.7 Å². The second kappa shape index (κ2) is 7.73. The summed E-state index contributed by atoms with van der Waals surface area (Å²) in [4.78, 5) is 12.4. The van der Waals surface area contributed by atoms with E-state index in [0.29, 0.717) is 5.69 Å². The van der Waals surface area contributed by atoms with Crippen LogP contribution in [0.3, 0.4) is 0 Å². The summed E-state index contributed by atoms with van der Waals surface area (Å²) in [5.74, 6) is -0.286. The maximum atomic E-state index is 12.2. The number of hydrogen-bond donors (Lipinski definition) is 1. The molecule has 138 valence electrons. The number of hydrogen-bond acceptors (Lipinski definition) is 3. The summed E-state index contributed by atoms with van der Waals surface area (Å²) in [6.45, 7) is 0. The lowest BCUT2D eigenvalue weighted by atomic mass is 10.0. The monoisotopic (exact) mass is 380 g/mol. The number of benzene rings is 3. The van der Waals surface area contributed by atoms with Crippen molar-refractivity contribution >= 4 is 38.5 Å². The van der Waals surface area contributed by atoms with Gasteiger partial charge in [0.25, 0.3) is 0 Å². The molecule has 0 bridgehead atoms. The van der Waals surface area contributed by atoms with E-state index in [4.69, 9.17) is 0 Å². The Hall–Kier alpha value is -2.96. The molecule has 0 fully saturated rings. The fourth-order valence-electron chi connectivity index (χ4n) is 2.67. The SMILES string of the molecule is CN(C)S(=O)(=O)c1ccc(NC(=O)C=Cc2cccc3ccccc23)cc1. The first kappa shape index (κ1) is 18.8. The zero-order chi connectivity index (χ0) is 19.4. The summed E-state index contributed by atoms with van der Waals surface area (Å²) < 4.78 is 25.3. The highest BCUT2D eigenvalue weighted by molar-refractivity contribution is 7.89. The van der Waals surface area contributed by atoms with Crippen molar-refractivity contribution in [3.63, 3.8) is 0 Å². The van der Waals surface area contributed by atoms with Crippen molar-refractivity contribution < 1.29 is 13.2 Å². The maximum absolute atomic E-state index is 12.2. The van der Waals surface area contributed by atoms with Crippen molar-refractivity contribution in [1.29, 1.82) is 0 Å². The summed E-state index contributed by atoms with van der Waals surface area (Å²) in [5.41, 5.74) is 1.48. The van der Waals surface area contributed by atoms with Gasteiger partial charge < -0.3 is 5.32 Å². The van der Waals surface area contributed by atoms with Crippen LogP contribution in [0.25, 0.3) is 16.8 Å². The summed E-state index contributed by atoms with van der Waals surface area (Å²) in [6, 6.07) is 20.0. The highest BCUT2D eigenvalue weighted by atomic mass is 32.2. The molecule has 0 aliphatic rings. The quantitative estimate of drug-likeness (QED) is 0.686. The lowest BCUT2D eigenvalue weighted by molar-refractivity contribution is -0.111. The average Bonchev–Trinajstić information content (AvgIpc) is 2.66. The number of sulfonamides is 1. The van der Waals surface area contributed by atoms with Gasteiger partial charge in [-0.2, -0.15) is 0 Å². The molecule has 3 aromatic carbocycles. The van der Waals surface area contributed by atoms with Gasteiger partial charge in [-0.3, -0.25) is 4.79 Å². The Kier molecular flexibility index (Phi) is 5.39. The van der Waals surface area contributed by atoms with Crippen molar-refractivity contribution in [2.75, 3.05) is 19.4 Å². The molecule has 0 unspecified atom stereocenters. The topological polar surface area (TPSA) is 66.5 Å². The van der Waals surface area contributed by atoms with E-state index in [1.807, 2.05) is 42.5 Å². The van der Waals surface area contributed by atoms with Crippen LogP contribution in [0.5, 0.6) is 0 Å². The number of nitrogens with one attached hydrogen (secondary N) is 1. The molecule has 0 aromatic heterocycles. The molecule has 0 spiro atoms. The predicted molar refractivity (Wildman–Crippen MR) is 109 cm³/mol. The van der Waals surface area contributed by atoms with Crippen LogP contribution in [-0.4, -0.2) is 32.7 Å². The molecule has 27 heavy (non-hydrogen) atoms. The largest absolute Gasteiger partial charge is 0.323 e. The minimum absolute atomic E-state index is 0.178. The summed E-state index contributed by atoms with van der Waals surface area (Å²) in [5, 5.41) is 4.91. The second-order valence-electron chi connectivity index (χ2n) is 6.20. The fourth-order valence-corrected chi connectivity index (χ4v) is 3.57. The molecule has 0 radical (unpaired) electrons. The van der Waals surface area contributed by atoms with Gasteiger partial charge in [0.15, 0.2) is 0 Å². The zero-order valence-electron chi connectivity index (χ0n) is 15.1. The molecule has 3 aromatic rings. The summed E-state index contributed by atoms with van der Waals surface area (Å²) in [7, 11) is -0.532. The molecule has 1 N–H and O–H groups in total. The Morgan fingerprint density at radius 1 is 0.926 bits per heavy atom. The van der Waals surface area contributed by atoms with Crippen LogP contribution < -0.4 is 5.32 Å². The van der Waals surface area contributed by atoms with Gasteiger partial charge in [-0.1, -0.05) is 42.5 Å². The number of fused-ring (bicyclic) bond motifs is 1. The molecule has 0 heterocycles. The van der Waals surface area contributed by atoms with Crippen LogP contribution in [0.1, 0.15) is 5.56 Å². The standard InChI is InChI=1S/C21H20N2O3S/c1-23(2)27(25,26)19-13-11-18(12-14-19)22-21(24)15-10-17-8-5-7-16-6-3-4-9-20(16)17/h3-15H,1-2H3,(H,22,24). The third-order valence-corrected chi connectivity index (χ3v) is 5.97. The molecule has 0 aliphatic carbocycles. The van der Waals surface area contributed by atoms with Crippen molar-refractivity contribution in [2.45, 2.75) is 4.90 Å². The zero-order valence-corrected chi connectivity index (χ0v) is 15.9. The van der Waals surface area contributed by atoms with E-state index < -0.39 is 10.0 Å². The second-order valence-corrected chi connectivity index (χ2v) is 8.35. The third-order valence-electron chi connectivity index (χ3n) is 4.14. The fraction of sp³-hybridized carbons (Fsp3) is 0.0952. The Balaban J connectivity index is 1.73. The van der Waals surface area contributed by atoms with Gasteiger partial charge in [0.2, 0.25) is 15.9 Å². The number of rotatable bonds is 5. The van der Waals surface area contributed by atoms with Gasteiger partial charge in [0, 0.05) is 25.9 Å². The van der Waals surface area contributed by atoms with Crippen molar-refractivity contribution in [2.24, 2.45) is 0 Å². The molecular formula is C21H20N2O3S. The molecule has 0 atom stereocenters. The third kappa shape index (κ3) is 4.24. The van der Waals surface area contributed by atoms with Crippen LogP contribution >= 0.6 is 0 Å². The lowest BCUT2D eigenvalue weighted by Gasteiger charge is -2.11. The highest BCUT2D eigenvalue weighted by Crippen LogP contribution is 2.20. The van der Waals surface area contributed by atoms with E-state index in [9.17, 15) is 13.2 Å². The Labute approximate surface area is 159 Å². The number of carbonyl (C=O) groups excluding carboxylic acids is 1. The predicted octanol–water partition coefficient (Wildman–Crippen LogP) is 3.74. The van der Waals surface area contributed by atoms with Crippen LogP contribution in [0.2, 0.25) is 0 Å². The van der Waals surface area contributed by atoms with E-state index in [1.165, 1.54) is 32.3 Å². The minimum Gasteiger partial charge on any atom is -0.323 e. The molecule has 0 aliphatic heterocycles. The van der Waals surface area contributed by atoms with E-state index in [2.05, 4.69) is 5.32 Å². The summed E-state index contributed by atoms with van der Waals surface area (Å²) >= 11 is 0. The van der Waals surface area contributed by atoms with Gasteiger partial charge in [0.05, 0.1) is 4.90 Å². The molecule has 3 rings (SSSR count). The van der Waals surface area contributed by atoms with Crippen molar-refractivity contribution in [1.82, 2.24) is 4.31 Å². The molecule has 0 saturated carbocycles. The molecule has 0 saturated heterocycles. The first-order chi connectivity index (χ1) is 12.9. The number of carbonyl (C=O) groups is 1. The van der Waals surface area contributed by atoms with E-state index in [0.717, 1.165) is 20.6 Å². The first-order valence-corrected chi connectivity index (χ1v) is 9.81. The minimum atomic E-state index is -3.48. The number of amides is 1. The number of anilines is 1. The van der Waals surface area contributed by atoms with Gasteiger partial charge in [-0.25, -0.2) is 12.7 Å². The lowest BCUT2D eigenvalue weighted by Crippen LogP contribution is -2.22. The van der Waals surface area contributed by atoms with Crippen LogP contribution in [-0.2, 0) is 14.8 Å². The molecular weight excluding hydrogens is 360 g/mol. The van der Waals surface area contributed by atoms with Crippen molar-refractivity contribution in [3.05, 3.63) is 78.4 Å². The van der Waals surface area contributed by atoms with Crippen molar-refractivity contribution in [3.8, 4) is 0 Å². The Morgan fingerprint density at radius 2 is 1.59 bits per heavy atom. The van der Waals surface area contributed by atoms with Gasteiger partial charge in [-0.05, 0) is 46.7 Å². The Bertz CT molecular complexity index is 1100. The molecule has 6 heteroatoms. The molecule has 1 amide bonds. The highest BCUT2D eigenvalue weighted by Gasteiger charge is 2.16.